The second-order valence-electron chi connectivity index (χ2n) is 8.79. The molecule has 0 heterocycles. The zero-order chi connectivity index (χ0) is 23.2. The average Bonchev–Trinajstić information content (AvgIpc) is 2.93. The van der Waals surface area contributed by atoms with Gasteiger partial charge in [-0.15, -0.1) is 0 Å². The van der Waals surface area contributed by atoms with Gasteiger partial charge in [-0.05, 0) is 0 Å². The first-order chi connectivity index (χ1) is 16.8. The average molecular weight is 477 g/mol. The van der Waals surface area contributed by atoms with Gasteiger partial charge in [0.2, 0.25) is 0 Å². The molecule has 5 aromatic carbocycles. The van der Waals surface area contributed by atoms with Crippen LogP contribution in [0, 0.1) is 0 Å². The summed E-state index contributed by atoms with van der Waals surface area (Å²) < 4.78 is 0. The van der Waals surface area contributed by atoms with E-state index in [1.807, 2.05) is 0 Å². The third-order valence-electron chi connectivity index (χ3n) is 6.74. The molecule has 0 amide bonds. The summed E-state index contributed by atoms with van der Waals surface area (Å²) >= 11 is 0. The SMILES string of the molecule is C[PH](c1ccccc1)(c1ccccc1)C(c1ccccc1)P(c1ccccc1)c1ccccc1. The number of benzene rings is 5. The van der Waals surface area contributed by atoms with Crippen molar-refractivity contribution in [1.82, 2.24) is 0 Å². The Morgan fingerprint density at radius 1 is 0.441 bits per heavy atom. The summed E-state index contributed by atoms with van der Waals surface area (Å²) in [4.78, 5) is 0. The van der Waals surface area contributed by atoms with Gasteiger partial charge in [0.15, 0.2) is 0 Å². The first kappa shape index (κ1) is 22.7. The van der Waals surface area contributed by atoms with E-state index in [2.05, 4.69) is 158 Å². The predicted octanol–water partition coefficient (Wildman–Crippen LogP) is 6.85. The minimum atomic E-state index is -2.27. The molecule has 0 fully saturated rings. The van der Waals surface area contributed by atoms with Crippen LogP contribution in [-0.2, 0) is 0 Å². The molecule has 0 aliphatic heterocycles. The molecule has 1 atom stereocenters. The molecule has 0 spiro atoms. The van der Waals surface area contributed by atoms with Gasteiger partial charge in [0.1, 0.15) is 0 Å². The maximum absolute atomic E-state index is 2.58. The molecule has 0 radical (unpaired) electrons. The zero-order valence-electron chi connectivity index (χ0n) is 19.5. The number of hydrogen-bond donors (Lipinski definition) is 0. The molecule has 1 unspecified atom stereocenters. The van der Waals surface area contributed by atoms with Crippen LogP contribution in [0.4, 0.5) is 0 Å². The van der Waals surface area contributed by atoms with Gasteiger partial charge in [0, 0.05) is 0 Å². The summed E-state index contributed by atoms with van der Waals surface area (Å²) in [6.07, 6.45) is 0. The van der Waals surface area contributed by atoms with Gasteiger partial charge in [0.05, 0.1) is 0 Å². The van der Waals surface area contributed by atoms with E-state index in [9.17, 15) is 0 Å². The van der Waals surface area contributed by atoms with Crippen LogP contribution in [0.3, 0.4) is 0 Å². The van der Waals surface area contributed by atoms with E-state index in [1.165, 1.54) is 26.8 Å². The molecule has 0 nitrogen and oxygen atoms in total. The van der Waals surface area contributed by atoms with Crippen LogP contribution in [0.5, 0.6) is 0 Å². The van der Waals surface area contributed by atoms with Gasteiger partial charge in [-0.2, -0.15) is 0 Å². The van der Waals surface area contributed by atoms with E-state index in [0.717, 1.165) is 0 Å². The summed E-state index contributed by atoms with van der Waals surface area (Å²) in [5, 5.41) is 6.20. The molecule has 0 bridgehead atoms. The van der Waals surface area contributed by atoms with E-state index in [0.29, 0.717) is 5.40 Å². The van der Waals surface area contributed by atoms with Crippen molar-refractivity contribution in [3.63, 3.8) is 0 Å². The van der Waals surface area contributed by atoms with Crippen molar-refractivity contribution in [2.75, 3.05) is 6.66 Å². The number of rotatable bonds is 7. The normalized spacial score (nSPS) is 12.9. The predicted molar refractivity (Wildman–Crippen MR) is 155 cm³/mol. The molecule has 0 aliphatic carbocycles. The number of hydrogen-bond acceptors (Lipinski definition) is 0. The van der Waals surface area contributed by atoms with Crippen molar-refractivity contribution in [3.05, 3.63) is 157 Å². The first-order valence-corrected chi connectivity index (χ1v) is 15.8. The second-order valence-corrected chi connectivity index (χ2v) is 15.7. The Kier molecular flexibility index (Phi) is 7.01. The van der Waals surface area contributed by atoms with E-state index in [1.54, 1.807) is 0 Å². The Labute approximate surface area is 205 Å². The van der Waals surface area contributed by atoms with Crippen LogP contribution in [0.15, 0.2) is 152 Å². The molecular weight excluding hydrogens is 446 g/mol. The van der Waals surface area contributed by atoms with Crippen molar-refractivity contribution in [1.29, 1.82) is 0 Å². The quantitative estimate of drug-likeness (QED) is 0.225. The van der Waals surface area contributed by atoms with Crippen molar-refractivity contribution < 1.29 is 0 Å². The van der Waals surface area contributed by atoms with E-state index >= 15 is 0 Å². The van der Waals surface area contributed by atoms with Crippen molar-refractivity contribution >= 4 is 36.4 Å². The van der Waals surface area contributed by atoms with Gasteiger partial charge in [-0.3, -0.25) is 0 Å². The molecule has 0 N–H and O–H groups in total. The van der Waals surface area contributed by atoms with Crippen LogP contribution < -0.4 is 21.2 Å². The maximum atomic E-state index is 2.58. The Bertz CT molecular complexity index is 1210. The van der Waals surface area contributed by atoms with Gasteiger partial charge in [-0.1, -0.05) is 0 Å². The van der Waals surface area contributed by atoms with Crippen molar-refractivity contribution in [3.8, 4) is 0 Å². The Morgan fingerprint density at radius 2 is 0.765 bits per heavy atom. The molecular formula is C32H30P2. The molecule has 0 aromatic heterocycles. The Balaban J connectivity index is 1.84. The van der Waals surface area contributed by atoms with Gasteiger partial charge in [0.25, 0.3) is 0 Å². The van der Waals surface area contributed by atoms with Gasteiger partial charge >= 0.3 is 206 Å². The molecule has 5 aromatic rings. The molecule has 0 saturated carbocycles. The van der Waals surface area contributed by atoms with Crippen molar-refractivity contribution in [2.24, 2.45) is 0 Å². The fourth-order valence-corrected chi connectivity index (χ4v) is 14.9. The third kappa shape index (κ3) is 4.50. The summed E-state index contributed by atoms with van der Waals surface area (Å²) in [5.74, 6) is 0. The molecule has 168 valence electrons. The monoisotopic (exact) mass is 476 g/mol. The van der Waals surface area contributed by atoms with Crippen molar-refractivity contribution in [2.45, 2.75) is 5.40 Å². The Morgan fingerprint density at radius 3 is 1.15 bits per heavy atom. The van der Waals surface area contributed by atoms with Crippen LogP contribution >= 0.6 is 15.2 Å². The molecule has 0 saturated heterocycles. The van der Waals surface area contributed by atoms with Gasteiger partial charge in [-0.25, -0.2) is 0 Å². The van der Waals surface area contributed by atoms with Crippen LogP contribution in [0.2, 0.25) is 0 Å². The molecule has 5 rings (SSSR count). The van der Waals surface area contributed by atoms with Crippen LogP contribution in [0.1, 0.15) is 11.0 Å². The summed E-state index contributed by atoms with van der Waals surface area (Å²) in [7, 11) is -2.94. The zero-order valence-corrected chi connectivity index (χ0v) is 21.4. The van der Waals surface area contributed by atoms with E-state index in [4.69, 9.17) is 0 Å². The fourth-order valence-electron chi connectivity index (χ4n) is 5.05. The van der Waals surface area contributed by atoms with Crippen LogP contribution in [0.25, 0.3) is 0 Å². The third-order valence-corrected chi connectivity index (χ3v) is 16.1. The summed E-state index contributed by atoms with van der Waals surface area (Å²) in [5.41, 5.74) is 1.43. The van der Waals surface area contributed by atoms with E-state index in [-0.39, 0.29) is 0 Å². The molecule has 34 heavy (non-hydrogen) atoms. The summed E-state index contributed by atoms with van der Waals surface area (Å²) in [6.45, 7) is 2.58. The second kappa shape index (κ2) is 10.5. The molecule has 2 heteroatoms. The topological polar surface area (TPSA) is 0 Å². The fraction of sp³-hybridized carbons (Fsp3) is 0.0625. The minimum absolute atomic E-state index is 0.373. The Hall–Kier alpha value is -3.04. The van der Waals surface area contributed by atoms with Crippen LogP contribution in [-0.4, -0.2) is 6.66 Å². The standard InChI is InChI=1S/C32H30P2/c1-34(30-23-13-5-14-24-30,31-25-15-6-16-26-31)32(27-17-7-2-8-18-27)33(28-19-9-3-10-20-28)29-21-11-4-12-22-29/h2-26,32,34H,1H3. The van der Waals surface area contributed by atoms with E-state index < -0.39 is 15.2 Å². The first-order valence-electron chi connectivity index (χ1n) is 11.8. The van der Waals surface area contributed by atoms with Gasteiger partial charge < -0.3 is 0 Å². The molecule has 0 aliphatic rings. The summed E-state index contributed by atoms with van der Waals surface area (Å²) in [6, 6.07) is 56.2.